The van der Waals surface area contributed by atoms with Crippen molar-refractivity contribution in [2.24, 2.45) is 5.10 Å². The molecule has 0 spiro atoms. The second kappa shape index (κ2) is 2.91. The van der Waals surface area contributed by atoms with Crippen LogP contribution < -0.4 is 5.43 Å². The van der Waals surface area contributed by atoms with Crippen LogP contribution in [0.4, 0.5) is 0 Å². The van der Waals surface area contributed by atoms with Gasteiger partial charge in [-0.05, 0) is 12.1 Å². The molecule has 0 aliphatic carbocycles. The van der Waals surface area contributed by atoms with E-state index in [-0.39, 0.29) is 0 Å². The maximum atomic E-state index is 4.95. The maximum Gasteiger partial charge on any atom is 0.146 e. The summed E-state index contributed by atoms with van der Waals surface area (Å²) in [5, 5.41) is 3.75. The summed E-state index contributed by atoms with van der Waals surface area (Å²) in [4.78, 5) is 0. The Kier molecular flexibility index (Phi) is 1.90. The molecular formula is C6H8N2O. The summed E-state index contributed by atoms with van der Waals surface area (Å²) >= 11 is 0. The minimum atomic E-state index is 0.754. The highest BCUT2D eigenvalue weighted by molar-refractivity contribution is 5.75. The summed E-state index contributed by atoms with van der Waals surface area (Å²) < 4.78 is 4.95. The summed E-state index contributed by atoms with van der Waals surface area (Å²) in [6.45, 7) is 0. The first-order valence-electron chi connectivity index (χ1n) is 2.67. The van der Waals surface area contributed by atoms with E-state index >= 15 is 0 Å². The zero-order chi connectivity index (χ0) is 6.53. The van der Waals surface area contributed by atoms with Gasteiger partial charge in [-0.3, -0.25) is 0 Å². The predicted octanol–water partition coefficient (Wildman–Crippen LogP) is 0.833. The van der Waals surface area contributed by atoms with E-state index in [9.17, 15) is 0 Å². The number of hydrogen-bond acceptors (Lipinski definition) is 3. The molecule has 3 nitrogen and oxygen atoms in total. The molecule has 1 rings (SSSR count). The van der Waals surface area contributed by atoms with Crippen LogP contribution in [0.3, 0.4) is 0 Å². The van der Waals surface area contributed by atoms with E-state index < -0.39 is 0 Å². The Morgan fingerprint density at radius 1 is 1.78 bits per heavy atom. The number of hydrogen-bond donors (Lipinski definition) is 1. The standard InChI is InChI=1S/C6H8N2O/c1-7-8-5-6-3-2-4-9-6/h2-5,7H,1H3/b8-5-. The fourth-order valence-electron chi connectivity index (χ4n) is 0.493. The Balaban J connectivity index is 2.57. The van der Waals surface area contributed by atoms with Crippen LogP contribution in [0.1, 0.15) is 5.76 Å². The van der Waals surface area contributed by atoms with Crippen molar-refractivity contribution < 1.29 is 4.42 Å². The molecule has 0 saturated heterocycles. The Hall–Kier alpha value is -1.25. The highest BCUT2D eigenvalue weighted by Gasteiger charge is 1.84. The van der Waals surface area contributed by atoms with Crippen LogP contribution in [0, 0.1) is 0 Å². The molecule has 0 bridgehead atoms. The van der Waals surface area contributed by atoms with Crippen LogP contribution in [-0.4, -0.2) is 13.3 Å². The minimum Gasteiger partial charge on any atom is -0.463 e. The lowest BCUT2D eigenvalue weighted by Crippen LogP contribution is -1.93. The van der Waals surface area contributed by atoms with Gasteiger partial charge in [0.15, 0.2) is 0 Å². The lowest BCUT2D eigenvalue weighted by atomic mass is 10.5. The van der Waals surface area contributed by atoms with Crippen molar-refractivity contribution in [1.82, 2.24) is 5.43 Å². The summed E-state index contributed by atoms with van der Waals surface area (Å²) in [6, 6.07) is 3.65. The predicted molar refractivity (Wildman–Crippen MR) is 35.4 cm³/mol. The van der Waals surface area contributed by atoms with Gasteiger partial charge in [0.2, 0.25) is 0 Å². The monoisotopic (exact) mass is 124 g/mol. The second-order valence-corrected chi connectivity index (χ2v) is 1.50. The van der Waals surface area contributed by atoms with Gasteiger partial charge in [0.05, 0.1) is 12.5 Å². The smallest absolute Gasteiger partial charge is 0.146 e. The van der Waals surface area contributed by atoms with Crippen LogP contribution in [-0.2, 0) is 0 Å². The first-order chi connectivity index (χ1) is 4.43. The molecule has 0 fully saturated rings. The quantitative estimate of drug-likeness (QED) is 0.468. The van der Waals surface area contributed by atoms with Gasteiger partial charge < -0.3 is 9.84 Å². The van der Waals surface area contributed by atoms with Gasteiger partial charge in [0.25, 0.3) is 0 Å². The Labute approximate surface area is 53.4 Å². The first kappa shape index (κ1) is 5.88. The lowest BCUT2D eigenvalue weighted by molar-refractivity contribution is 0.559. The number of nitrogens with one attached hydrogen (secondary N) is 1. The molecule has 1 N–H and O–H groups in total. The Bertz CT molecular complexity index is 179. The first-order valence-corrected chi connectivity index (χ1v) is 2.67. The molecule has 0 aromatic carbocycles. The summed E-state index contributed by atoms with van der Waals surface area (Å²) in [5.74, 6) is 0.754. The molecule has 0 aliphatic heterocycles. The van der Waals surface area contributed by atoms with Gasteiger partial charge in [-0.25, -0.2) is 0 Å². The molecule has 9 heavy (non-hydrogen) atoms. The molecule has 0 amide bonds. The number of furan rings is 1. The van der Waals surface area contributed by atoms with Crippen molar-refractivity contribution in [2.75, 3.05) is 7.05 Å². The third-order valence-corrected chi connectivity index (χ3v) is 0.864. The molecule has 0 atom stereocenters. The number of nitrogens with zero attached hydrogens (tertiary/aromatic N) is 1. The van der Waals surface area contributed by atoms with Crippen LogP contribution in [0.5, 0.6) is 0 Å². The van der Waals surface area contributed by atoms with E-state index in [1.165, 1.54) is 0 Å². The van der Waals surface area contributed by atoms with Gasteiger partial charge >= 0.3 is 0 Å². The Morgan fingerprint density at radius 3 is 3.22 bits per heavy atom. The fraction of sp³-hybridized carbons (Fsp3) is 0.167. The SMILES string of the molecule is CN/N=C\c1ccco1. The van der Waals surface area contributed by atoms with Crippen molar-refractivity contribution in [3.63, 3.8) is 0 Å². The van der Waals surface area contributed by atoms with Gasteiger partial charge in [-0.2, -0.15) is 5.10 Å². The normalized spacial score (nSPS) is 10.3. The third kappa shape index (κ3) is 1.60. The average Bonchev–Trinajstić information content (AvgIpc) is 2.34. The fourth-order valence-corrected chi connectivity index (χ4v) is 0.493. The van der Waals surface area contributed by atoms with E-state index in [2.05, 4.69) is 10.5 Å². The molecule has 1 aromatic rings. The molecule has 0 radical (unpaired) electrons. The van der Waals surface area contributed by atoms with Crippen LogP contribution in [0.25, 0.3) is 0 Å². The van der Waals surface area contributed by atoms with Crippen molar-refractivity contribution in [3.8, 4) is 0 Å². The second-order valence-electron chi connectivity index (χ2n) is 1.50. The Morgan fingerprint density at radius 2 is 2.67 bits per heavy atom. The highest BCUT2D eigenvalue weighted by Crippen LogP contribution is 1.93. The number of rotatable bonds is 2. The van der Waals surface area contributed by atoms with Crippen LogP contribution >= 0.6 is 0 Å². The molecular weight excluding hydrogens is 116 g/mol. The average molecular weight is 124 g/mol. The largest absolute Gasteiger partial charge is 0.463 e. The van der Waals surface area contributed by atoms with Gasteiger partial charge in [-0.1, -0.05) is 0 Å². The lowest BCUT2D eigenvalue weighted by Gasteiger charge is -1.82. The zero-order valence-electron chi connectivity index (χ0n) is 5.16. The molecule has 1 aromatic heterocycles. The third-order valence-electron chi connectivity index (χ3n) is 0.864. The van der Waals surface area contributed by atoms with Gasteiger partial charge in [0.1, 0.15) is 5.76 Å². The van der Waals surface area contributed by atoms with Crippen LogP contribution in [0.2, 0.25) is 0 Å². The molecule has 3 heteroatoms. The van der Waals surface area contributed by atoms with Crippen LogP contribution in [0.15, 0.2) is 27.9 Å². The van der Waals surface area contributed by atoms with Crippen molar-refractivity contribution in [3.05, 3.63) is 24.2 Å². The van der Waals surface area contributed by atoms with E-state index in [1.807, 2.05) is 12.1 Å². The zero-order valence-corrected chi connectivity index (χ0v) is 5.16. The molecule has 0 saturated carbocycles. The molecule has 48 valence electrons. The van der Waals surface area contributed by atoms with Crippen molar-refractivity contribution in [2.45, 2.75) is 0 Å². The van der Waals surface area contributed by atoms with E-state index in [0.29, 0.717) is 0 Å². The van der Waals surface area contributed by atoms with E-state index in [0.717, 1.165) is 5.76 Å². The summed E-state index contributed by atoms with van der Waals surface area (Å²) in [6.07, 6.45) is 3.22. The van der Waals surface area contributed by atoms with Crippen molar-refractivity contribution in [1.29, 1.82) is 0 Å². The van der Waals surface area contributed by atoms with E-state index in [1.54, 1.807) is 19.5 Å². The topological polar surface area (TPSA) is 37.5 Å². The molecule has 0 unspecified atom stereocenters. The summed E-state index contributed by atoms with van der Waals surface area (Å²) in [5.41, 5.74) is 2.62. The molecule has 0 aliphatic rings. The van der Waals surface area contributed by atoms with Gasteiger partial charge in [0, 0.05) is 7.05 Å². The maximum absolute atomic E-state index is 4.95. The highest BCUT2D eigenvalue weighted by atomic mass is 16.3. The minimum absolute atomic E-state index is 0.754. The molecule has 1 heterocycles. The number of hydrazone groups is 1. The van der Waals surface area contributed by atoms with E-state index in [4.69, 9.17) is 4.42 Å². The van der Waals surface area contributed by atoms with Crippen molar-refractivity contribution >= 4 is 6.21 Å². The van der Waals surface area contributed by atoms with Gasteiger partial charge in [-0.15, -0.1) is 0 Å². The summed E-state index contributed by atoms with van der Waals surface area (Å²) in [7, 11) is 1.74.